The number of nitrogen functional groups attached to an aromatic ring is 1. The number of primary amides is 1. The van der Waals surface area contributed by atoms with Crippen LogP contribution in [0.1, 0.15) is 55.4 Å². The molecule has 1 fully saturated rings. The van der Waals surface area contributed by atoms with E-state index in [-0.39, 0.29) is 17.5 Å². The smallest absolute Gasteiger partial charge is 0.254 e. The van der Waals surface area contributed by atoms with Crippen LogP contribution in [0, 0.1) is 0 Å². The first-order chi connectivity index (χ1) is 15.0. The predicted octanol–water partition coefficient (Wildman–Crippen LogP) is 3.15. The number of nitrogens with two attached hydrogens (primary N) is 2. The number of anilines is 1. The van der Waals surface area contributed by atoms with Crippen LogP contribution in [0.25, 0.3) is 11.3 Å². The van der Waals surface area contributed by atoms with E-state index < -0.39 is 5.91 Å². The van der Waals surface area contributed by atoms with Gasteiger partial charge in [0.15, 0.2) is 0 Å². The summed E-state index contributed by atoms with van der Waals surface area (Å²) < 4.78 is 7.37. The summed E-state index contributed by atoms with van der Waals surface area (Å²) in [5.74, 6) is 0.413. The van der Waals surface area contributed by atoms with Gasteiger partial charge in [0.05, 0.1) is 12.6 Å². The number of aromatic nitrogens is 2. The standard InChI is InChI=1S/C23H31N5O3/c1-3-15-31-18-11-9-16(10-12-18)21-20(23(25)30)22(24)28(26-21)17-7-5-13-27(14-6-8-17)19(29)4-2/h4,9-12,17H,2-3,5-8,13-15,24H2,1H3,(H2,25,30). The third kappa shape index (κ3) is 5.07. The Labute approximate surface area is 182 Å². The number of carbonyl (C=O) groups is 2. The maximum absolute atomic E-state index is 12.2. The van der Waals surface area contributed by atoms with Gasteiger partial charge in [-0.25, -0.2) is 4.68 Å². The van der Waals surface area contributed by atoms with E-state index in [9.17, 15) is 9.59 Å². The van der Waals surface area contributed by atoms with Crippen LogP contribution in [-0.2, 0) is 4.79 Å². The van der Waals surface area contributed by atoms with Gasteiger partial charge in [0, 0.05) is 18.7 Å². The molecule has 1 aromatic carbocycles. The summed E-state index contributed by atoms with van der Waals surface area (Å²) >= 11 is 0. The molecule has 1 saturated heterocycles. The minimum absolute atomic E-state index is 0.0401. The second kappa shape index (κ2) is 10.1. The van der Waals surface area contributed by atoms with Crippen molar-refractivity contribution in [2.75, 3.05) is 25.4 Å². The molecular weight excluding hydrogens is 394 g/mol. The summed E-state index contributed by atoms with van der Waals surface area (Å²) in [6.45, 7) is 7.59. The van der Waals surface area contributed by atoms with E-state index >= 15 is 0 Å². The number of amides is 2. The van der Waals surface area contributed by atoms with Crippen LogP contribution < -0.4 is 16.2 Å². The second-order valence-electron chi connectivity index (χ2n) is 7.76. The molecule has 0 radical (unpaired) electrons. The zero-order valence-corrected chi connectivity index (χ0v) is 18.0. The molecule has 8 heteroatoms. The Balaban J connectivity index is 1.85. The van der Waals surface area contributed by atoms with Gasteiger partial charge in [0.25, 0.3) is 5.91 Å². The van der Waals surface area contributed by atoms with Crippen LogP contribution in [-0.4, -0.2) is 46.2 Å². The van der Waals surface area contributed by atoms with E-state index in [2.05, 4.69) is 6.58 Å². The number of likely N-dealkylation sites (tertiary alicyclic amines) is 1. The van der Waals surface area contributed by atoms with Crippen molar-refractivity contribution in [3.8, 4) is 17.0 Å². The molecule has 1 aliphatic rings. The fourth-order valence-corrected chi connectivity index (χ4v) is 3.99. The van der Waals surface area contributed by atoms with E-state index in [1.807, 2.05) is 36.1 Å². The minimum Gasteiger partial charge on any atom is -0.494 e. The average molecular weight is 426 g/mol. The first-order valence-electron chi connectivity index (χ1n) is 10.8. The minimum atomic E-state index is -0.598. The molecule has 1 aromatic heterocycles. The number of hydrogen-bond acceptors (Lipinski definition) is 5. The highest BCUT2D eigenvalue weighted by Gasteiger charge is 2.26. The first-order valence-corrected chi connectivity index (χ1v) is 10.8. The molecule has 0 bridgehead atoms. The predicted molar refractivity (Wildman–Crippen MR) is 121 cm³/mol. The van der Waals surface area contributed by atoms with Crippen LogP contribution in [0.3, 0.4) is 0 Å². The maximum Gasteiger partial charge on any atom is 0.254 e. The Morgan fingerprint density at radius 3 is 2.42 bits per heavy atom. The van der Waals surface area contributed by atoms with Crippen molar-refractivity contribution < 1.29 is 14.3 Å². The molecule has 0 atom stereocenters. The Hall–Kier alpha value is -3.29. The number of nitrogens with zero attached hydrogens (tertiary/aromatic N) is 3. The zero-order chi connectivity index (χ0) is 22.4. The van der Waals surface area contributed by atoms with Crippen LogP contribution in [0.15, 0.2) is 36.9 Å². The molecule has 166 valence electrons. The second-order valence-corrected chi connectivity index (χ2v) is 7.76. The monoisotopic (exact) mass is 425 g/mol. The van der Waals surface area contributed by atoms with Crippen molar-refractivity contribution in [3.05, 3.63) is 42.5 Å². The van der Waals surface area contributed by atoms with E-state index in [1.165, 1.54) is 6.08 Å². The molecule has 3 rings (SSSR count). The molecule has 0 unspecified atom stereocenters. The van der Waals surface area contributed by atoms with Gasteiger partial charge < -0.3 is 21.1 Å². The number of hydrogen-bond donors (Lipinski definition) is 2. The van der Waals surface area contributed by atoms with Crippen molar-refractivity contribution in [1.29, 1.82) is 0 Å². The molecule has 0 saturated carbocycles. The Kier molecular flexibility index (Phi) is 7.33. The van der Waals surface area contributed by atoms with E-state index in [0.717, 1.165) is 43.4 Å². The van der Waals surface area contributed by atoms with Gasteiger partial charge in [-0.1, -0.05) is 13.5 Å². The molecule has 2 aromatic rings. The lowest BCUT2D eigenvalue weighted by molar-refractivity contribution is -0.126. The third-order valence-electron chi connectivity index (χ3n) is 5.56. The molecule has 31 heavy (non-hydrogen) atoms. The van der Waals surface area contributed by atoms with Crippen molar-refractivity contribution in [3.63, 3.8) is 0 Å². The van der Waals surface area contributed by atoms with Gasteiger partial charge in [-0.3, -0.25) is 9.59 Å². The molecule has 4 N–H and O–H groups in total. The summed E-state index contributed by atoms with van der Waals surface area (Å²) in [5.41, 5.74) is 13.5. The number of ether oxygens (including phenoxy) is 1. The van der Waals surface area contributed by atoms with Crippen molar-refractivity contribution >= 4 is 17.6 Å². The van der Waals surface area contributed by atoms with Gasteiger partial charge in [-0.2, -0.15) is 5.10 Å². The largest absolute Gasteiger partial charge is 0.494 e. The van der Waals surface area contributed by atoms with Gasteiger partial charge in [0.2, 0.25) is 5.91 Å². The summed E-state index contributed by atoms with van der Waals surface area (Å²) in [4.78, 5) is 25.9. The van der Waals surface area contributed by atoms with Gasteiger partial charge in [-0.05, 0) is 62.4 Å². The fourth-order valence-electron chi connectivity index (χ4n) is 3.99. The summed E-state index contributed by atoms with van der Waals surface area (Å²) in [6, 6.07) is 7.47. The lowest BCUT2D eigenvalue weighted by atomic mass is 10.0. The summed E-state index contributed by atoms with van der Waals surface area (Å²) in [5, 5.41) is 4.71. The zero-order valence-electron chi connectivity index (χ0n) is 18.0. The van der Waals surface area contributed by atoms with Crippen molar-refractivity contribution in [2.24, 2.45) is 5.73 Å². The molecular formula is C23H31N5O3. The van der Waals surface area contributed by atoms with Gasteiger partial charge in [-0.15, -0.1) is 0 Å². The molecule has 2 heterocycles. The van der Waals surface area contributed by atoms with Crippen LogP contribution in [0.5, 0.6) is 5.75 Å². The highest BCUT2D eigenvalue weighted by molar-refractivity contribution is 6.03. The topological polar surface area (TPSA) is 116 Å². The molecule has 2 amide bonds. The molecule has 8 nitrogen and oxygen atoms in total. The van der Waals surface area contributed by atoms with Crippen molar-refractivity contribution in [2.45, 2.75) is 45.1 Å². The van der Waals surface area contributed by atoms with Crippen LogP contribution >= 0.6 is 0 Å². The van der Waals surface area contributed by atoms with Gasteiger partial charge in [0.1, 0.15) is 22.8 Å². The fraction of sp³-hybridized carbons (Fsp3) is 0.435. The lowest BCUT2D eigenvalue weighted by Crippen LogP contribution is -2.33. The van der Waals surface area contributed by atoms with E-state index in [0.29, 0.717) is 31.2 Å². The van der Waals surface area contributed by atoms with Crippen molar-refractivity contribution in [1.82, 2.24) is 14.7 Å². The number of benzene rings is 1. The normalized spacial score (nSPS) is 15.2. The number of carbonyl (C=O) groups excluding carboxylic acids is 2. The highest BCUT2D eigenvalue weighted by atomic mass is 16.5. The first kappa shape index (κ1) is 22.4. The third-order valence-corrected chi connectivity index (χ3v) is 5.56. The Morgan fingerprint density at radius 2 is 1.87 bits per heavy atom. The lowest BCUT2D eigenvalue weighted by Gasteiger charge is -2.27. The quantitative estimate of drug-likeness (QED) is 0.661. The highest BCUT2D eigenvalue weighted by Crippen LogP contribution is 2.33. The SMILES string of the molecule is C=CC(=O)N1CCCC(n2nc(-c3ccc(OCCC)cc3)c(C(N)=O)c2N)CCC1. The number of rotatable bonds is 7. The molecule has 1 aliphatic heterocycles. The molecule has 0 spiro atoms. The summed E-state index contributed by atoms with van der Waals surface area (Å²) in [7, 11) is 0. The summed E-state index contributed by atoms with van der Waals surface area (Å²) in [6.07, 6.45) is 5.51. The Bertz CT molecular complexity index is 925. The van der Waals surface area contributed by atoms with Crippen LogP contribution in [0.4, 0.5) is 5.82 Å². The maximum atomic E-state index is 12.2. The average Bonchev–Trinajstić information content (AvgIpc) is 3.09. The van der Waals surface area contributed by atoms with E-state index in [1.54, 1.807) is 4.68 Å². The van der Waals surface area contributed by atoms with E-state index in [4.69, 9.17) is 21.3 Å². The van der Waals surface area contributed by atoms with Gasteiger partial charge >= 0.3 is 0 Å². The Morgan fingerprint density at radius 1 is 1.23 bits per heavy atom. The van der Waals surface area contributed by atoms with Crippen LogP contribution in [0.2, 0.25) is 0 Å². The molecule has 0 aliphatic carbocycles.